The smallest absolute Gasteiger partial charge is 0.340 e. The first-order valence-electron chi connectivity index (χ1n) is 8.40. The quantitative estimate of drug-likeness (QED) is 0.475. The molecule has 0 radical (unpaired) electrons. The Morgan fingerprint density at radius 2 is 1.83 bits per heavy atom. The topological polar surface area (TPSA) is 99.4 Å². The van der Waals surface area contributed by atoms with Gasteiger partial charge in [0.1, 0.15) is 5.82 Å². The van der Waals surface area contributed by atoms with Gasteiger partial charge >= 0.3 is 11.7 Å². The van der Waals surface area contributed by atoms with E-state index < -0.39 is 29.7 Å². The van der Waals surface area contributed by atoms with Crippen LogP contribution in [-0.4, -0.2) is 27.6 Å². The maximum atomic E-state index is 12.6. The number of thiophene rings is 2. The Balaban J connectivity index is 1.71. The summed E-state index contributed by atoms with van der Waals surface area (Å²) in [5.41, 5.74) is -0.792. The van der Waals surface area contributed by atoms with Gasteiger partial charge in [-0.25, -0.2) is 9.59 Å². The van der Waals surface area contributed by atoms with Crippen molar-refractivity contribution in [3.63, 3.8) is 0 Å². The van der Waals surface area contributed by atoms with Crippen LogP contribution in [0.3, 0.4) is 0 Å². The molecule has 3 aromatic heterocycles. The Bertz CT molecular complexity index is 1170. The highest BCUT2D eigenvalue weighted by atomic mass is 32.1. The Kier molecular flexibility index (Phi) is 6.25. The van der Waals surface area contributed by atoms with E-state index in [2.05, 4.69) is 5.32 Å². The normalized spacial score (nSPS) is 11.3. The van der Waals surface area contributed by atoms with Crippen molar-refractivity contribution in [2.75, 3.05) is 11.9 Å². The maximum Gasteiger partial charge on any atom is 0.340 e. The first kappa shape index (κ1) is 20.5. The van der Waals surface area contributed by atoms with Crippen molar-refractivity contribution in [3.05, 3.63) is 71.7 Å². The molecule has 0 aromatic carbocycles. The fourth-order valence-electron chi connectivity index (χ4n) is 2.42. The number of ether oxygens (including phenoxy) is 1. The van der Waals surface area contributed by atoms with Gasteiger partial charge < -0.3 is 10.1 Å². The maximum absolute atomic E-state index is 12.6. The summed E-state index contributed by atoms with van der Waals surface area (Å²) in [7, 11) is 2.76. The second kappa shape index (κ2) is 8.84. The van der Waals surface area contributed by atoms with Crippen LogP contribution in [0.25, 0.3) is 11.6 Å². The molecule has 0 aliphatic heterocycles. The second-order valence-corrected chi connectivity index (χ2v) is 7.87. The van der Waals surface area contributed by atoms with Crippen molar-refractivity contribution < 1.29 is 14.3 Å². The summed E-state index contributed by atoms with van der Waals surface area (Å²) >= 11 is 2.86. The molecule has 3 heterocycles. The molecule has 8 nitrogen and oxygen atoms in total. The number of carbonyl (C=O) groups excluding carboxylic acids is 2. The number of carbonyl (C=O) groups is 2. The van der Waals surface area contributed by atoms with E-state index in [4.69, 9.17) is 4.74 Å². The van der Waals surface area contributed by atoms with E-state index in [1.165, 1.54) is 36.8 Å². The van der Waals surface area contributed by atoms with Crippen LogP contribution in [0.2, 0.25) is 0 Å². The lowest BCUT2D eigenvalue weighted by Crippen LogP contribution is -2.38. The summed E-state index contributed by atoms with van der Waals surface area (Å²) in [6.07, 6.45) is 1.71. The number of amides is 1. The third kappa shape index (κ3) is 4.79. The van der Waals surface area contributed by atoms with Gasteiger partial charge in [-0.15, -0.1) is 22.7 Å². The summed E-state index contributed by atoms with van der Waals surface area (Å²) in [6, 6.07) is 8.47. The largest absolute Gasteiger partial charge is 0.452 e. The number of esters is 1. The van der Waals surface area contributed by atoms with Crippen LogP contribution in [0.4, 0.5) is 5.82 Å². The molecule has 0 bridgehead atoms. The molecule has 3 aromatic rings. The average molecular weight is 431 g/mol. The van der Waals surface area contributed by atoms with E-state index in [0.717, 1.165) is 25.0 Å². The number of nitrogens with zero attached hydrogens (tertiary/aromatic N) is 2. The van der Waals surface area contributed by atoms with Crippen molar-refractivity contribution in [3.8, 4) is 0 Å². The number of anilines is 1. The summed E-state index contributed by atoms with van der Waals surface area (Å²) in [5.74, 6) is -1.29. The molecule has 150 valence electrons. The molecule has 1 amide bonds. The molecule has 0 saturated heterocycles. The Hall–Kier alpha value is -3.24. The SMILES string of the molecule is Cn1c(NC(=O)COC(=O)C(=Cc2cccs2)c2cccs2)cc(=O)n(C)c1=O. The van der Waals surface area contributed by atoms with E-state index in [1.54, 1.807) is 12.1 Å². The van der Waals surface area contributed by atoms with Crippen molar-refractivity contribution in [1.82, 2.24) is 9.13 Å². The Morgan fingerprint density at radius 1 is 1.10 bits per heavy atom. The number of hydrogen-bond acceptors (Lipinski definition) is 7. The van der Waals surface area contributed by atoms with Crippen LogP contribution >= 0.6 is 22.7 Å². The molecular weight excluding hydrogens is 414 g/mol. The molecule has 0 aliphatic carbocycles. The molecule has 3 rings (SSSR count). The molecule has 0 unspecified atom stereocenters. The van der Waals surface area contributed by atoms with E-state index >= 15 is 0 Å². The van der Waals surface area contributed by atoms with Crippen LogP contribution in [0.5, 0.6) is 0 Å². The third-order valence-corrected chi connectivity index (χ3v) is 5.69. The van der Waals surface area contributed by atoms with Crippen molar-refractivity contribution in [2.24, 2.45) is 14.1 Å². The predicted molar refractivity (Wildman–Crippen MR) is 113 cm³/mol. The van der Waals surface area contributed by atoms with Crippen LogP contribution in [0, 0.1) is 0 Å². The zero-order valence-electron chi connectivity index (χ0n) is 15.6. The second-order valence-electron chi connectivity index (χ2n) is 5.94. The summed E-state index contributed by atoms with van der Waals surface area (Å²) in [5, 5.41) is 6.15. The molecule has 0 saturated carbocycles. The van der Waals surface area contributed by atoms with E-state index in [9.17, 15) is 19.2 Å². The van der Waals surface area contributed by atoms with Gasteiger partial charge in [-0.05, 0) is 29.0 Å². The summed E-state index contributed by atoms with van der Waals surface area (Å²) < 4.78 is 7.19. The van der Waals surface area contributed by atoms with Gasteiger partial charge in [0.15, 0.2) is 6.61 Å². The van der Waals surface area contributed by atoms with Crippen LogP contribution < -0.4 is 16.6 Å². The first-order valence-corrected chi connectivity index (χ1v) is 10.2. The predicted octanol–water partition coefficient (Wildman–Crippen LogP) is 1.93. The van der Waals surface area contributed by atoms with Crippen molar-refractivity contribution in [2.45, 2.75) is 0 Å². The Labute approximate surface area is 173 Å². The highest BCUT2D eigenvalue weighted by Gasteiger charge is 2.17. The van der Waals surface area contributed by atoms with Gasteiger partial charge in [0.25, 0.3) is 11.5 Å². The summed E-state index contributed by atoms with van der Waals surface area (Å²) in [4.78, 5) is 50.0. The third-order valence-electron chi connectivity index (χ3n) is 3.96. The number of hydrogen-bond donors (Lipinski definition) is 1. The lowest BCUT2D eigenvalue weighted by Gasteiger charge is -2.11. The van der Waals surface area contributed by atoms with Gasteiger partial charge in [0.05, 0.1) is 5.57 Å². The van der Waals surface area contributed by atoms with Gasteiger partial charge in [-0.2, -0.15) is 0 Å². The van der Waals surface area contributed by atoms with Gasteiger partial charge in [0.2, 0.25) is 0 Å². The van der Waals surface area contributed by atoms with Gasteiger partial charge in [-0.1, -0.05) is 12.1 Å². The average Bonchev–Trinajstić information content (AvgIpc) is 3.40. The van der Waals surface area contributed by atoms with Crippen molar-refractivity contribution >= 4 is 52.0 Å². The van der Waals surface area contributed by atoms with Crippen LogP contribution in [0.1, 0.15) is 9.75 Å². The molecule has 0 aliphatic rings. The minimum absolute atomic E-state index is 0.0201. The number of nitrogens with one attached hydrogen (secondary N) is 1. The summed E-state index contributed by atoms with van der Waals surface area (Å²) in [6.45, 7) is -0.560. The Morgan fingerprint density at radius 3 is 2.48 bits per heavy atom. The highest BCUT2D eigenvalue weighted by Crippen LogP contribution is 2.25. The highest BCUT2D eigenvalue weighted by molar-refractivity contribution is 7.12. The fourth-order valence-corrected chi connectivity index (χ4v) is 3.81. The number of rotatable bonds is 6. The number of aromatic nitrogens is 2. The molecule has 0 spiro atoms. The van der Waals surface area contributed by atoms with Crippen LogP contribution in [-0.2, 0) is 28.4 Å². The molecule has 29 heavy (non-hydrogen) atoms. The standard InChI is InChI=1S/C19H17N3O5S2/c1-21-15(10-17(24)22(2)19(21)26)20-16(23)11-27-18(25)13(14-6-4-8-29-14)9-12-5-3-7-28-12/h3-10H,11H2,1-2H3,(H,20,23). The minimum Gasteiger partial charge on any atom is -0.452 e. The van der Waals surface area contributed by atoms with E-state index in [0.29, 0.717) is 5.57 Å². The van der Waals surface area contributed by atoms with Crippen LogP contribution in [0.15, 0.2) is 50.7 Å². The molecular formula is C19H17N3O5S2. The molecule has 0 atom stereocenters. The molecule has 0 fully saturated rings. The lowest BCUT2D eigenvalue weighted by molar-refractivity contribution is -0.141. The first-order chi connectivity index (χ1) is 13.9. The molecule has 1 N–H and O–H groups in total. The minimum atomic E-state index is -0.664. The lowest BCUT2D eigenvalue weighted by atomic mass is 10.2. The monoisotopic (exact) mass is 431 g/mol. The van der Waals surface area contributed by atoms with Gasteiger partial charge in [0, 0.05) is 29.9 Å². The fraction of sp³-hybridized carbons (Fsp3) is 0.158. The molecule has 10 heteroatoms. The van der Waals surface area contributed by atoms with Crippen molar-refractivity contribution in [1.29, 1.82) is 0 Å². The van der Waals surface area contributed by atoms with E-state index in [-0.39, 0.29) is 5.82 Å². The zero-order valence-corrected chi connectivity index (χ0v) is 17.2. The van der Waals surface area contributed by atoms with Gasteiger partial charge in [-0.3, -0.25) is 18.7 Å². The zero-order chi connectivity index (χ0) is 21.0. The van der Waals surface area contributed by atoms with E-state index in [1.807, 2.05) is 29.0 Å².